The molecule has 0 fully saturated rings. The van der Waals surface area contributed by atoms with E-state index in [0.717, 1.165) is 0 Å². The highest BCUT2D eigenvalue weighted by Crippen LogP contribution is 2.20. The molecule has 1 aromatic heterocycles. The van der Waals surface area contributed by atoms with E-state index in [0.29, 0.717) is 23.5 Å². The van der Waals surface area contributed by atoms with Crippen LogP contribution in [0, 0.1) is 11.3 Å². The lowest BCUT2D eigenvalue weighted by Gasteiger charge is -1.98. The van der Waals surface area contributed by atoms with Gasteiger partial charge in [0, 0.05) is 0 Å². The van der Waals surface area contributed by atoms with Gasteiger partial charge in [-0.15, -0.1) is 0 Å². The van der Waals surface area contributed by atoms with Crippen LogP contribution in [0.2, 0.25) is 5.22 Å². The van der Waals surface area contributed by atoms with Crippen molar-refractivity contribution in [2.45, 2.75) is 13.3 Å². The second kappa shape index (κ2) is 4.01. The molecule has 1 aromatic rings. The Morgan fingerprint density at radius 1 is 1.69 bits per heavy atom. The number of nitrogens with zero attached hydrogens (tertiary/aromatic N) is 1. The minimum Gasteiger partial charge on any atom is -0.443 e. The second-order valence-electron chi connectivity index (χ2n) is 2.46. The van der Waals surface area contributed by atoms with E-state index in [2.05, 4.69) is 0 Å². The SMILES string of the molecule is CC/C(C#N)=C(/N)c1ccc(Cl)o1. The maximum Gasteiger partial charge on any atom is 0.194 e. The summed E-state index contributed by atoms with van der Waals surface area (Å²) in [5.41, 5.74) is 6.54. The molecule has 1 heterocycles. The summed E-state index contributed by atoms with van der Waals surface area (Å²) in [6, 6.07) is 5.25. The number of halogens is 1. The highest BCUT2D eigenvalue weighted by Gasteiger charge is 2.07. The summed E-state index contributed by atoms with van der Waals surface area (Å²) in [6.07, 6.45) is 0.584. The summed E-state index contributed by atoms with van der Waals surface area (Å²) in [5.74, 6) is 0.448. The van der Waals surface area contributed by atoms with Gasteiger partial charge in [0.05, 0.1) is 17.3 Å². The highest BCUT2D eigenvalue weighted by atomic mass is 35.5. The Morgan fingerprint density at radius 2 is 2.38 bits per heavy atom. The molecular weight excluding hydrogens is 188 g/mol. The number of nitriles is 1. The van der Waals surface area contributed by atoms with Crippen LogP contribution in [-0.2, 0) is 0 Å². The summed E-state index contributed by atoms with van der Waals surface area (Å²) in [5, 5.41) is 8.97. The third-order valence-corrected chi connectivity index (χ3v) is 1.86. The van der Waals surface area contributed by atoms with Gasteiger partial charge in [-0.05, 0) is 30.2 Å². The Hall–Kier alpha value is -1.40. The van der Waals surface area contributed by atoms with Crippen LogP contribution in [0.1, 0.15) is 19.1 Å². The van der Waals surface area contributed by atoms with Gasteiger partial charge in [-0.2, -0.15) is 5.26 Å². The van der Waals surface area contributed by atoms with Gasteiger partial charge in [0.15, 0.2) is 11.0 Å². The number of hydrogen-bond acceptors (Lipinski definition) is 3. The summed E-state index contributed by atoms with van der Waals surface area (Å²) in [4.78, 5) is 0. The Kier molecular flexibility index (Phi) is 2.99. The second-order valence-corrected chi connectivity index (χ2v) is 2.83. The van der Waals surface area contributed by atoms with E-state index in [-0.39, 0.29) is 5.22 Å². The topological polar surface area (TPSA) is 63.0 Å². The summed E-state index contributed by atoms with van der Waals surface area (Å²) in [7, 11) is 0. The molecule has 0 unspecified atom stereocenters. The first-order valence-electron chi connectivity index (χ1n) is 3.83. The van der Waals surface area contributed by atoms with Gasteiger partial charge in [0.25, 0.3) is 0 Å². The zero-order chi connectivity index (χ0) is 9.84. The van der Waals surface area contributed by atoms with E-state index in [4.69, 9.17) is 27.0 Å². The molecule has 4 heteroatoms. The van der Waals surface area contributed by atoms with Crippen molar-refractivity contribution in [2.75, 3.05) is 0 Å². The van der Waals surface area contributed by atoms with E-state index >= 15 is 0 Å². The van der Waals surface area contributed by atoms with Crippen LogP contribution in [-0.4, -0.2) is 0 Å². The quantitative estimate of drug-likeness (QED) is 0.740. The number of nitrogens with two attached hydrogens (primary N) is 1. The van der Waals surface area contributed by atoms with Gasteiger partial charge in [0.1, 0.15) is 0 Å². The number of rotatable bonds is 2. The molecule has 0 aliphatic rings. The average molecular weight is 197 g/mol. The smallest absolute Gasteiger partial charge is 0.194 e. The van der Waals surface area contributed by atoms with Crippen LogP contribution in [0.3, 0.4) is 0 Å². The molecule has 13 heavy (non-hydrogen) atoms. The third kappa shape index (κ3) is 2.04. The first-order chi connectivity index (χ1) is 6.19. The zero-order valence-corrected chi connectivity index (χ0v) is 7.93. The van der Waals surface area contributed by atoms with Gasteiger partial charge in [-0.1, -0.05) is 6.92 Å². The van der Waals surface area contributed by atoms with Crippen molar-refractivity contribution in [3.05, 3.63) is 28.7 Å². The van der Waals surface area contributed by atoms with Gasteiger partial charge in [-0.3, -0.25) is 0 Å². The van der Waals surface area contributed by atoms with Crippen molar-refractivity contribution in [2.24, 2.45) is 5.73 Å². The molecule has 1 rings (SSSR count). The van der Waals surface area contributed by atoms with Crippen LogP contribution in [0.5, 0.6) is 0 Å². The van der Waals surface area contributed by atoms with Gasteiger partial charge < -0.3 is 10.2 Å². The van der Waals surface area contributed by atoms with Crippen molar-refractivity contribution in [1.29, 1.82) is 5.26 Å². The standard InChI is InChI=1S/C9H9ClN2O/c1-2-6(5-11)9(12)7-3-4-8(10)13-7/h3-4H,2,12H2,1H3/b9-6-. The largest absolute Gasteiger partial charge is 0.443 e. The lowest BCUT2D eigenvalue weighted by molar-refractivity contribution is 0.553. The molecule has 0 atom stereocenters. The molecular formula is C9H9ClN2O. The van der Waals surface area contributed by atoms with Crippen molar-refractivity contribution < 1.29 is 4.42 Å². The molecule has 0 radical (unpaired) electrons. The molecule has 0 aliphatic heterocycles. The number of allylic oxidation sites excluding steroid dienone is 1. The minimum absolute atomic E-state index is 0.270. The third-order valence-electron chi connectivity index (χ3n) is 1.65. The first kappa shape index (κ1) is 9.69. The predicted molar refractivity (Wildman–Crippen MR) is 50.7 cm³/mol. The maximum absolute atomic E-state index is 8.70. The number of furan rings is 1. The fourth-order valence-electron chi connectivity index (χ4n) is 0.937. The summed E-state index contributed by atoms with van der Waals surface area (Å²) >= 11 is 5.57. The lowest BCUT2D eigenvalue weighted by atomic mass is 10.1. The van der Waals surface area contributed by atoms with Crippen molar-refractivity contribution in [3.8, 4) is 6.07 Å². The molecule has 0 amide bonds. The van der Waals surface area contributed by atoms with Crippen LogP contribution in [0.15, 0.2) is 22.1 Å². The molecule has 0 spiro atoms. The predicted octanol–water partition coefficient (Wildman–Crippen LogP) is 2.54. The van der Waals surface area contributed by atoms with E-state index in [1.807, 2.05) is 13.0 Å². The Labute approximate surface area is 81.4 Å². The van der Waals surface area contributed by atoms with Crippen LogP contribution in [0.25, 0.3) is 5.70 Å². The molecule has 0 saturated heterocycles. The normalized spacial score (nSPS) is 12.1. The Morgan fingerprint density at radius 3 is 2.77 bits per heavy atom. The summed E-state index contributed by atoms with van der Waals surface area (Å²) in [6.45, 7) is 1.86. The maximum atomic E-state index is 8.70. The van der Waals surface area contributed by atoms with Crippen LogP contribution in [0.4, 0.5) is 0 Å². The van der Waals surface area contributed by atoms with E-state index in [1.165, 1.54) is 0 Å². The van der Waals surface area contributed by atoms with Gasteiger partial charge >= 0.3 is 0 Å². The van der Waals surface area contributed by atoms with Gasteiger partial charge in [0.2, 0.25) is 0 Å². The van der Waals surface area contributed by atoms with Crippen LogP contribution < -0.4 is 5.73 Å². The molecule has 0 saturated carbocycles. The Bertz CT molecular complexity index is 373. The van der Waals surface area contributed by atoms with E-state index in [1.54, 1.807) is 12.1 Å². The fourth-order valence-corrected chi connectivity index (χ4v) is 1.08. The minimum atomic E-state index is 0.270. The highest BCUT2D eigenvalue weighted by molar-refractivity contribution is 6.28. The fraction of sp³-hybridized carbons (Fsp3) is 0.222. The van der Waals surface area contributed by atoms with Crippen LogP contribution >= 0.6 is 11.6 Å². The monoisotopic (exact) mass is 196 g/mol. The molecule has 0 bridgehead atoms. The molecule has 2 N–H and O–H groups in total. The average Bonchev–Trinajstić information content (AvgIpc) is 2.54. The number of hydrogen-bond donors (Lipinski definition) is 1. The molecule has 3 nitrogen and oxygen atoms in total. The zero-order valence-electron chi connectivity index (χ0n) is 7.17. The van der Waals surface area contributed by atoms with Gasteiger partial charge in [-0.25, -0.2) is 0 Å². The van der Waals surface area contributed by atoms with E-state index < -0.39 is 0 Å². The van der Waals surface area contributed by atoms with Crippen molar-refractivity contribution in [1.82, 2.24) is 0 Å². The van der Waals surface area contributed by atoms with Crippen molar-refractivity contribution >= 4 is 17.3 Å². The molecule has 68 valence electrons. The summed E-state index contributed by atoms with van der Waals surface area (Å²) < 4.78 is 5.06. The Balaban J connectivity index is 3.09. The first-order valence-corrected chi connectivity index (χ1v) is 4.21. The molecule has 0 aliphatic carbocycles. The lowest BCUT2D eigenvalue weighted by Crippen LogP contribution is -1.98. The van der Waals surface area contributed by atoms with E-state index in [9.17, 15) is 0 Å². The van der Waals surface area contributed by atoms with Crippen molar-refractivity contribution in [3.63, 3.8) is 0 Å². The molecule has 0 aromatic carbocycles.